The maximum absolute atomic E-state index is 6.15. The lowest BCUT2D eigenvalue weighted by Gasteiger charge is -2.29. The fourth-order valence-electron chi connectivity index (χ4n) is 5.00. The molecule has 0 unspecified atom stereocenters. The zero-order chi connectivity index (χ0) is 30.9. The van der Waals surface area contributed by atoms with E-state index in [0.717, 1.165) is 67.8 Å². The maximum atomic E-state index is 6.15. The molecule has 3 aliphatic rings. The zero-order valence-corrected chi connectivity index (χ0v) is 27.2. The summed E-state index contributed by atoms with van der Waals surface area (Å²) in [4.78, 5) is 16.2. The fraction of sp³-hybridized carbons (Fsp3) is 0.576. The molecular weight excluding hydrogens is 524 g/mol. The number of nitrogens with one attached hydrogen (secondary N) is 2. The lowest BCUT2D eigenvalue weighted by Crippen LogP contribution is -2.44. The topological polar surface area (TPSA) is 73.2 Å². The fourth-order valence-corrected chi connectivity index (χ4v) is 5.00. The van der Waals surface area contributed by atoms with Crippen LogP contribution in [0.25, 0.3) is 5.70 Å². The number of para-hydroxylation sites is 1. The van der Waals surface area contributed by atoms with Gasteiger partial charge in [0.15, 0.2) is 5.82 Å². The molecule has 0 amide bonds. The van der Waals surface area contributed by atoms with Gasteiger partial charge in [0, 0.05) is 53.4 Å². The van der Waals surface area contributed by atoms with Gasteiger partial charge in [-0.25, -0.2) is 0 Å². The molecule has 9 heteroatoms. The van der Waals surface area contributed by atoms with Crippen LogP contribution in [0.4, 0.5) is 11.8 Å². The van der Waals surface area contributed by atoms with Crippen molar-refractivity contribution in [2.24, 2.45) is 12.0 Å². The molecule has 2 aromatic rings. The van der Waals surface area contributed by atoms with Crippen LogP contribution in [0.3, 0.4) is 0 Å². The average molecular weight is 579 g/mol. The Labute approximate surface area is 255 Å². The van der Waals surface area contributed by atoms with E-state index in [0.29, 0.717) is 11.8 Å². The van der Waals surface area contributed by atoms with Gasteiger partial charge in [0.1, 0.15) is 11.4 Å². The highest BCUT2D eigenvalue weighted by Gasteiger charge is 2.30. The molecule has 0 aliphatic carbocycles. The molecule has 0 spiro atoms. The third-order valence-corrected chi connectivity index (χ3v) is 7.30. The van der Waals surface area contributed by atoms with Crippen LogP contribution in [0, 0.1) is 12.3 Å². The Bertz CT molecular complexity index is 1150. The largest absolute Gasteiger partial charge is 0.425 e. The molecule has 2 fully saturated rings. The van der Waals surface area contributed by atoms with Gasteiger partial charge in [-0.3, -0.25) is 4.90 Å². The number of amidine groups is 1. The second kappa shape index (κ2) is 19.0. The van der Waals surface area contributed by atoms with E-state index in [1.165, 1.54) is 38.9 Å². The Morgan fingerprint density at radius 1 is 1.07 bits per heavy atom. The number of benzene rings is 1. The van der Waals surface area contributed by atoms with Crippen molar-refractivity contribution in [2.75, 3.05) is 71.4 Å². The van der Waals surface area contributed by atoms with Crippen molar-refractivity contribution in [1.29, 1.82) is 0 Å². The molecule has 232 valence electrons. The Balaban J connectivity index is 0.000000342. The molecule has 0 bridgehead atoms. The van der Waals surface area contributed by atoms with Crippen molar-refractivity contribution in [3.05, 3.63) is 42.1 Å². The van der Waals surface area contributed by atoms with Gasteiger partial charge in [-0.1, -0.05) is 52.0 Å². The Hall–Kier alpha value is -3.32. The van der Waals surface area contributed by atoms with Gasteiger partial charge in [-0.2, -0.15) is 9.98 Å². The van der Waals surface area contributed by atoms with Crippen LogP contribution in [-0.2, 0) is 13.5 Å². The van der Waals surface area contributed by atoms with Gasteiger partial charge >= 0.3 is 6.02 Å². The number of piperidine rings is 1. The number of fused-ring (bicyclic) bond motifs is 1. The van der Waals surface area contributed by atoms with Gasteiger partial charge in [0.05, 0.1) is 5.70 Å². The highest BCUT2D eigenvalue weighted by atomic mass is 16.5. The maximum Gasteiger partial charge on any atom is 0.304 e. The van der Waals surface area contributed by atoms with Crippen LogP contribution in [0.5, 0.6) is 5.75 Å². The first-order chi connectivity index (χ1) is 20.4. The Morgan fingerprint density at radius 2 is 1.71 bits per heavy atom. The number of aliphatic imine (C=N–C) groups is 1. The standard InChI is InChI=1S/C20H26N6O.C8H18N2.C3H4.C2H6/c1-5-15-8-6-7-9-16(15)27-20-23-18-17(14(2)24(20)3)25(4)19(22-18)26-12-10-21-11-13-26;1-9-5-8-10-6-3-2-4-7-10;1-3-2;1-2/h6-9,21H,2,5,10-13H2,1,3-4H3;9H,2-8H2,1H3;1H,2H3;1-2H3. The van der Waals surface area contributed by atoms with Crippen molar-refractivity contribution in [3.8, 4) is 18.1 Å². The molecule has 4 heterocycles. The van der Waals surface area contributed by atoms with Crippen LogP contribution >= 0.6 is 0 Å². The lowest BCUT2D eigenvalue weighted by atomic mass is 10.1. The van der Waals surface area contributed by atoms with Crippen molar-refractivity contribution in [1.82, 2.24) is 30.0 Å². The van der Waals surface area contributed by atoms with Crippen LogP contribution in [-0.4, -0.2) is 91.8 Å². The molecule has 9 nitrogen and oxygen atoms in total. The van der Waals surface area contributed by atoms with Crippen molar-refractivity contribution < 1.29 is 4.74 Å². The predicted molar refractivity (Wildman–Crippen MR) is 179 cm³/mol. The quantitative estimate of drug-likeness (QED) is 0.480. The minimum Gasteiger partial charge on any atom is -0.425 e. The van der Waals surface area contributed by atoms with Gasteiger partial charge in [-0.05, 0) is 58.0 Å². The number of aromatic nitrogens is 2. The summed E-state index contributed by atoms with van der Waals surface area (Å²) >= 11 is 0. The number of nitrogens with zero attached hydrogens (tertiary/aromatic N) is 6. The van der Waals surface area contributed by atoms with Gasteiger partial charge < -0.3 is 29.7 Å². The SMILES string of the molecule is C#CC.C=C1c2c(nc(N3CCNCC3)n2C)N=C(Oc2ccccc2CC)N1C.CC.CNCCN1CCCCC1. The monoisotopic (exact) mass is 578 g/mol. The summed E-state index contributed by atoms with van der Waals surface area (Å²) < 4.78 is 8.24. The first-order valence-corrected chi connectivity index (χ1v) is 15.5. The summed E-state index contributed by atoms with van der Waals surface area (Å²) in [6.45, 7) is 20.8. The molecule has 0 radical (unpaired) electrons. The second-order valence-corrected chi connectivity index (χ2v) is 10.1. The lowest BCUT2D eigenvalue weighted by molar-refractivity contribution is 0.231. The Kier molecular flexibility index (Phi) is 15.8. The van der Waals surface area contributed by atoms with Crippen molar-refractivity contribution in [3.63, 3.8) is 0 Å². The molecule has 0 saturated carbocycles. The van der Waals surface area contributed by atoms with E-state index in [-0.39, 0.29) is 0 Å². The molecule has 2 N–H and O–H groups in total. The minimum atomic E-state index is 0.498. The highest BCUT2D eigenvalue weighted by molar-refractivity contribution is 5.93. The van der Waals surface area contributed by atoms with Crippen LogP contribution < -0.4 is 20.3 Å². The third kappa shape index (κ3) is 9.62. The van der Waals surface area contributed by atoms with E-state index in [1.807, 2.05) is 58.1 Å². The van der Waals surface area contributed by atoms with Gasteiger partial charge in [0.25, 0.3) is 0 Å². The number of aryl methyl sites for hydroxylation is 1. The number of likely N-dealkylation sites (tertiary alicyclic amines) is 1. The van der Waals surface area contributed by atoms with Crippen LogP contribution in [0.2, 0.25) is 0 Å². The molecule has 1 aromatic carbocycles. The summed E-state index contributed by atoms with van der Waals surface area (Å²) in [6, 6.07) is 8.54. The number of imidazole rings is 1. The number of terminal acetylenes is 1. The number of hydrogen-bond donors (Lipinski definition) is 2. The molecule has 3 aliphatic heterocycles. The second-order valence-electron chi connectivity index (χ2n) is 10.1. The number of piperazine rings is 1. The van der Waals surface area contributed by atoms with Crippen LogP contribution in [0.15, 0.2) is 35.8 Å². The van der Waals surface area contributed by atoms with E-state index in [2.05, 4.69) is 56.9 Å². The van der Waals surface area contributed by atoms with E-state index < -0.39 is 0 Å². The molecule has 0 atom stereocenters. The number of hydrogen-bond acceptors (Lipinski definition) is 8. The molecule has 42 heavy (non-hydrogen) atoms. The molecule has 2 saturated heterocycles. The molecular formula is C33H54N8O. The number of anilines is 1. The number of ether oxygens (including phenoxy) is 1. The smallest absolute Gasteiger partial charge is 0.304 e. The summed E-state index contributed by atoms with van der Waals surface area (Å²) in [5.74, 6) is 4.66. The Morgan fingerprint density at radius 3 is 2.33 bits per heavy atom. The summed E-state index contributed by atoms with van der Waals surface area (Å²) in [7, 11) is 5.97. The summed E-state index contributed by atoms with van der Waals surface area (Å²) in [5.41, 5.74) is 2.91. The third-order valence-electron chi connectivity index (χ3n) is 7.30. The summed E-state index contributed by atoms with van der Waals surface area (Å²) in [6.07, 6.45) is 9.75. The van der Waals surface area contributed by atoms with E-state index in [1.54, 1.807) is 6.92 Å². The number of rotatable bonds is 6. The molecule has 5 rings (SSSR count). The van der Waals surface area contributed by atoms with Gasteiger partial charge in [-0.15, -0.1) is 12.3 Å². The zero-order valence-electron chi connectivity index (χ0n) is 27.2. The first-order valence-electron chi connectivity index (χ1n) is 15.5. The predicted octanol–water partition coefficient (Wildman–Crippen LogP) is 4.73. The van der Waals surface area contributed by atoms with Gasteiger partial charge in [0.2, 0.25) is 5.95 Å². The van der Waals surface area contributed by atoms with E-state index >= 15 is 0 Å². The van der Waals surface area contributed by atoms with E-state index in [4.69, 9.17) is 14.7 Å². The molecule has 1 aromatic heterocycles. The van der Waals surface area contributed by atoms with Crippen molar-refractivity contribution in [2.45, 2.75) is 53.4 Å². The van der Waals surface area contributed by atoms with Crippen LogP contribution in [0.1, 0.15) is 58.2 Å². The minimum absolute atomic E-state index is 0.498. The highest BCUT2D eigenvalue weighted by Crippen LogP contribution is 2.35. The summed E-state index contributed by atoms with van der Waals surface area (Å²) in [5, 5.41) is 6.55. The normalized spacial score (nSPS) is 16.3. The average Bonchev–Trinajstić information content (AvgIpc) is 3.37. The number of likely N-dealkylation sites (N-methyl/N-ethyl adjacent to an activating group) is 1. The van der Waals surface area contributed by atoms with E-state index in [9.17, 15) is 0 Å². The first kappa shape index (κ1) is 34.9. The van der Waals surface area contributed by atoms with Crippen molar-refractivity contribution >= 4 is 23.5 Å².